The van der Waals surface area contributed by atoms with Crippen LogP contribution in [0.2, 0.25) is 0 Å². The van der Waals surface area contributed by atoms with E-state index >= 15 is 0 Å². The van der Waals surface area contributed by atoms with E-state index in [1.807, 2.05) is 12.1 Å². The van der Waals surface area contributed by atoms with Crippen molar-refractivity contribution < 1.29 is 14.3 Å². The minimum absolute atomic E-state index is 0.328. The van der Waals surface area contributed by atoms with Crippen LogP contribution in [0.5, 0.6) is 5.75 Å². The van der Waals surface area contributed by atoms with Gasteiger partial charge in [0.25, 0.3) is 0 Å². The van der Waals surface area contributed by atoms with Gasteiger partial charge in [0, 0.05) is 6.20 Å². The summed E-state index contributed by atoms with van der Waals surface area (Å²) in [6.07, 6.45) is 2.76. The lowest BCUT2D eigenvalue weighted by Gasteiger charge is -2.13. The molecule has 2 aromatic heterocycles. The molecule has 0 N–H and O–H groups in total. The van der Waals surface area contributed by atoms with Gasteiger partial charge < -0.3 is 9.47 Å². The number of ether oxygens (including phenoxy) is 2. The Kier molecular flexibility index (Phi) is 5.26. The molecule has 1 aromatic carbocycles. The molecule has 0 aliphatic rings. The highest BCUT2D eigenvalue weighted by Crippen LogP contribution is 2.25. The Morgan fingerprint density at radius 3 is 2.69 bits per heavy atom. The van der Waals surface area contributed by atoms with Crippen molar-refractivity contribution in [2.45, 2.75) is 40.7 Å². The fraction of sp³-hybridized carbons (Fsp3) is 0.333. The largest absolute Gasteiger partial charge is 0.485 e. The third kappa shape index (κ3) is 3.29. The number of benzene rings is 1. The second-order valence-corrected chi connectivity index (χ2v) is 6.19. The van der Waals surface area contributed by atoms with Gasteiger partial charge in [0.2, 0.25) is 0 Å². The monoisotopic (exact) mass is 352 g/mol. The molecule has 5 heteroatoms. The number of carbonyl (C=O) groups excluding carboxylic acids is 1. The number of esters is 1. The SMILES string of the molecule is CCOC(=O)c1c(C)nc2c(OCc3c(C)cccc3CC)cccn12. The number of aryl methyl sites for hydroxylation is 3. The van der Waals surface area contributed by atoms with Gasteiger partial charge in [-0.2, -0.15) is 0 Å². The molecule has 0 radical (unpaired) electrons. The van der Waals surface area contributed by atoms with Crippen molar-refractivity contribution in [3.8, 4) is 5.75 Å². The second-order valence-electron chi connectivity index (χ2n) is 6.19. The number of rotatable bonds is 6. The molecule has 136 valence electrons. The minimum atomic E-state index is -0.373. The van der Waals surface area contributed by atoms with E-state index in [9.17, 15) is 4.79 Å². The van der Waals surface area contributed by atoms with Gasteiger partial charge in [0.05, 0.1) is 12.3 Å². The molecule has 5 nitrogen and oxygen atoms in total. The second kappa shape index (κ2) is 7.60. The van der Waals surface area contributed by atoms with Crippen LogP contribution in [0, 0.1) is 13.8 Å². The van der Waals surface area contributed by atoms with Crippen molar-refractivity contribution in [3.05, 3.63) is 64.6 Å². The van der Waals surface area contributed by atoms with Crippen molar-refractivity contribution >= 4 is 11.6 Å². The molecule has 3 aromatic rings. The first-order chi connectivity index (χ1) is 12.6. The predicted octanol–water partition coefficient (Wildman–Crippen LogP) is 4.27. The van der Waals surface area contributed by atoms with Gasteiger partial charge in [0.15, 0.2) is 17.1 Å². The Morgan fingerprint density at radius 1 is 1.15 bits per heavy atom. The van der Waals surface area contributed by atoms with Crippen LogP contribution < -0.4 is 4.74 Å². The summed E-state index contributed by atoms with van der Waals surface area (Å²) in [4.78, 5) is 16.8. The number of hydrogen-bond donors (Lipinski definition) is 0. The predicted molar refractivity (Wildman–Crippen MR) is 101 cm³/mol. The summed E-state index contributed by atoms with van der Waals surface area (Å²) in [6.45, 7) is 8.63. The van der Waals surface area contributed by atoms with Crippen molar-refractivity contribution in [3.63, 3.8) is 0 Å². The van der Waals surface area contributed by atoms with Crippen molar-refractivity contribution in [2.75, 3.05) is 6.61 Å². The minimum Gasteiger partial charge on any atom is -0.485 e. The van der Waals surface area contributed by atoms with E-state index in [2.05, 4.69) is 37.0 Å². The van der Waals surface area contributed by atoms with Crippen LogP contribution in [0.1, 0.15) is 46.7 Å². The number of fused-ring (bicyclic) bond motifs is 1. The van der Waals surface area contributed by atoms with Crippen molar-refractivity contribution in [1.82, 2.24) is 9.38 Å². The average molecular weight is 352 g/mol. The van der Waals surface area contributed by atoms with Crippen molar-refractivity contribution in [1.29, 1.82) is 0 Å². The van der Waals surface area contributed by atoms with E-state index in [0.29, 0.717) is 36.0 Å². The first-order valence-electron chi connectivity index (χ1n) is 8.91. The fourth-order valence-electron chi connectivity index (χ4n) is 3.16. The number of pyridine rings is 1. The molecule has 0 amide bonds. The smallest absolute Gasteiger partial charge is 0.357 e. The zero-order valence-electron chi connectivity index (χ0n) is 15.7. The molecule has 0 saturated carbocycles. The lowest BCUT2D eigenvalue weighted by molar-refractivity contribution is 0.0517. The van der Waals surface area contributed by atoms with Crippen LogP contribution in [-0.2, 0) is 17.8 Å². The van der Waals surface area contributed by atoms with Crippen LogP contribution in [0.25, 0.3) is 5.65 Å². The Morgan fingerprint density at radius 2 is 1.96 bits per heavy atom. The van der Waals surface area contributed by atoms with E-state index in [0.717, 1.165) is 6.42 Å². The van der Waals surface area contributed by atoms with E-state index in [1.165, 1.54) is 16.7 Å². The quantitative estimate of drug-likeness (QED) is 0.622. The Labute approximate surface area is 153 Å². The van der Waals surface area contributed by atoms with Crippen LogP contribution in [0.15, 0.2) is 36.5 Å². The number of hydrogen-bond acceptors (Lipinski definition) is 4. The van der Waals surface area contributed by atoms with Gasteiger partial charge in [-0.05, 0) is 56.0 Å². The van der Waals surface area contributed by atoms with Gasteiger partial charge in [0.1, 0.15) is 6.61 Å². The molecule has 0 bridgehead atoms. The fourth-order valence-corrected chi connectivity index (χ4v) is 3.16. The van der Waals surface area contributed by atoms with Crippen LogP contribution in [-0.4, -0.2) is 22.0 Å². The Balaban J connectivity index is 1.95. The first kappa shape index (κ1) is 18.0. The highest BCUT2D eigenvalue weighted by molar-refractivity contribution is 5.90. The molecular formula is C21H24N2O3. The molecule has 26 heavy (non-hydrogen) atoms. The number of nitrogens with zero attached hydrogens (tertiary/aromatic N) is 2. The zero-order valence-corrected chi connectivity index (χ0v) is 15.7. The van der Waals surface area contributed by atoms with Crippen LogP contribution >= 0.6 is 0 Å². The molecule has 0 fully saturated rings. The van der Waals surface area contributed by atoms with E-state index in [-0.39, 0.29) is 5.97 Å². The summed E-state index contributed by atoms with van der Waals surface area (Å²) in [5, 5.41) is 0. The highest BCUT2D eigenvalue weighted by Gasteiger charge is 2.20. The molecule has 3 rings (SSSR count). The van der Waals surface area contributed by atoms with Crippen molar-refractivity contribution in [2.24, 2.45) is 0 Å². The van der Waals surface area contributed by atoms with Gasteiger partial charge in [-0.15, -0.1) is 0 Å². The summed E-state index contributed by atoms with van der Waals surface area (Å²) in [7, 11) is 0. The summed E-state index contributed by atoms with van der Waals surface area (Å²) in [5.41, 5.74) is 5.39. The molecule has 0 aliphatic heterocycles. The number of aromatic nitrogens is 2. The maximum Gasteiger partial charge on any atom is 0.357 e. The highest BCUT2D eigenvalue weighted by atomic mass is 16.5. The van der Waals surface area contributed by atoms with Gasteiger partial charge in [-0.25, -0.2) is 9.78 Å². The molecule has 0 spiro atoms. The molecule has 2 heterocycles. The number of carbonyl (C=O) groups is 1. The van der Waals surface area contributed by atoms with Crippen LogP contribution in [0.4, 0.5) is 0 Å². The third-order valence-corrected chi connectivity index (χ3v) is 4.52. The summed E-state index contributed by atoms with van der Waals surface area (Å²) in [6, 6.07) is 10.0. The van der Waals surface area contributed by atoms with Gasteiger partial charge in [-0.3, -0.25) is 4.40 Å². The lowest BCUT2D eigenvalue weighted by Crippen LogP contribution is -2.09. The maximum atomic E-state index is 12.2. The average Bonchev–Trinajstić information content (AvgIpc) is 2.97. The molecular weight excluding hydrogens is 328 g/mol. The Bertz CT molecular complexity index is 944. The first-order valence-corrected chi connectivity index (χ1v) is 8.91. The zero-order chi connectivity index (χ0) is 18.7. The molecule has 0 aliphatic carbocycles. The maximum absolute atomic E-state index is 12.2. The number of imidazole rings is 1. The summed E-state index contributed by atoms with van der Waals surface area (Å²) >= 11 is 0. The van der Waals surface area contributed by atoms with Crippen LogP contribution in [0.3, 0.4) is 0 Å². The molecule has 0 atom stereocenters. The summed E-state index contributed by atoms with van der Waals surface area (Å²) in [5.74, 6) is 0.276. The van der Waals surface area contributed by atoms with E-state index in [4.69, 9.17) is 9.47 Å². The standard InChI is InChI=1S/C21H24N2O3/c1-5-16-10-7-9-14(3)17(16)13-26-18-11-8-12-23-19(21(24)25-6-2)15(4)22-20(18)23/h7-12H,5-6,13H2,1-4H3. The Hall–Kier alpha value is -2.82. The van der Waals surface area contributed by atoms with Gasteiger partial charge >= 0.3 is 5.97 Å². The lowest BCUT2D eigenvalue weighted by atomic mass is 10.0. The van der Waals surface area contributed by atoms with E-state index in [1.54, 1.807) is 24.4 Å². The molecule has 0 unspecified atom stereocenters. The van der Waals surface area contributed by atoms with E-state index < -0.39 is 0 Å². The van der Waals surface area contributed by atoms with Gasteiger partial charge in [-0.1, -0.05) is 25.1 Å². The topological polar surface area (TPSA) is 52.8 Å². The molecule has 0 saturated heterocycles. The third-order valence-electron chi connectivity index (χ3n) is 4.52. The summed E-state index contributed by atoms with van der Waals surface area (Å²) < 4.78 is 13.0. The normalized spacial score (nSPS) is 10.9.